The van der Waals surface area contributed by atoms with Gasteiger partial charge < -0.3 is 10.2 Å². The molecule has 0 spiro atoms. The number of likely N-dealkylation sites (tertiary alicyclic amines) is 1. The highest BCUT2D eigenvalue weighted by molar-refractivity contribution is 5.89. The van der Waals surface area contributed by atoms with Crippen LogP contribution in [0.4, 0.5) is 14.9 Å². The van der Waals surface area contributed by atoms with Gasteiger partial charge in [-0.25, -0.2) is 9.18 Å². The zero-order valence-corrected chi connectivity index (χ0v) is 11.7. The van der Waals surface area contributed by atoms with Crippen molar-refractivity contribution >= 4 is 11.7 Å². The lowest BCUT2D eigenvalue weighted by Gasteiger charge is -2.34. The minimum Gasteiger partial charge on any atom is -0.324 e. The van der Waals surface area contributed by atoms with E-state index in [2.05, 4.69) is 19.2 Å². The van der Waals surface area contributed by atoms with Crippen molar-refractivity contribution in [3.63, 3.8) is 0 Å². The van der Waals surface area contributed by atoms with Gasteiger partial charge in [0.15, 0.2) is 0 Å². The summed E-state index contributed by atoms with van der Waals surface area (Å²) in [6.07, 6.45) is 1.16. The highest BCUT2D eigenvalue weighted by Crippen LogP contribution is 2.22. The quantitative estimate of drug-likeness (QED) is 0.825. The maximum atomic E-state index is 13.4. The minimum absolute atomic E-state index is 0.137. The molecule has 19 heavy (non-hydrogen) atoms. The third-order valence-corrected chi connectivity index (χ3v) is 3.58. The molecule has 1 N–H and O–H groups in total. The largest absolute Gasteiger partial charge is 0.324 e. The predicted molar refractivity (Wildman–Crippen MR) is 74.7 cm³/mol. The molecule has 1 aliphatic heterocycles. The lowest BCUT2D eigenvalue weighted by molar-refractivity contribution is 0.156. The molecule has 2 amide bonds. The van der Waals surface area contributed by atoms with Crippen LogP contribution in [0.1, 0.15) is 25.8 Å². The Morgan fingerprint density at radius 1 is 1.32 bits per heavy atom. The van der Waals surface area contributed by atoms with E-state index in [9.17, 15) is 9.18 Å². The third kappa shape index (κ3) is 3.46. The lowest BCUT2D eigenvalue weighted by Crippen LogP contribution is -2.44. The van der Waals surface area contributed by atoms with Crippen molar-refractivity contribution in [2.75, 3.05) is 18.4 Å². The molecule has 2 atom stereocenters. The summed E-state index contributed by atoms with van der Waals surface area (Å²) in [6.45, 7) is 7.55. The average molecular weight is 264 g/mol. The number of amides is 2. The van der Waals surface area contributed by atoms with E-state index in [-0.39, 0.29) is 11.8 Å². The number of carbonyl (C=O) groups excluding carboxylic acids is 1. The van der Waals surface area contributed by atoms with Gasteiger partial charge in [-0.1, -0.05) is 19.9 Å². The third-order valence-electron chi connectivity index (χ3n) is 3.58. The molecule has 1 fully saturated rings. The van der Waals surface area contributed by atoms with Crippen molar-refractivity contribution in [1.29, 1.82) is 0 Å². The number of benzene rings is 1. The van der Waals surface area contributed by atoms with Crippen molar-refractivity contribution in [1.82, 2.24) is 4.90 Å². The Kier molecular flexibility index (Phi) is 4.08. The van der Waals surface area contributed by atoms with Gasteiger partial charge in [-0.15, -0.1) is 0 Å². The smallest absolute Gasteiger partial charge is 0.321 e. The van der Waals surface area contributed by atoms with E-state index in [0.717, 1.165) is 19.5 Å². The van der Waals surface area contributed by atoms with Crippen LogP contribution in [0.25, 0.3) is 0 Å². The number of halogens is 1. The van der Waals surface area contributed by atoms with E-state index < -0.39 is 0 Å². The topological polar surface area (TPSA) is 32.3 Å². The molecule has 1 aliphatic rings. The summed E-state index contributed by atoms with van der Waals surface area (Å²) in [4.78, 5) is 14.0. The molecule has 2 rings (SSSR count). The van der Waals surface area contributed by atoms with E-state index in [1.165, 1.54) is 6.07 Å². The normalized spacial score (nSPS) is 23.3. The standard InChI is InChI=1S/C15H21FN2O/c1-10-6-11(2)9-18(8-10)15(19)17-13-5-4-12(3)14(16)7-13/h4-5,7,10-11H,6,8-9H2,1-3H3,(H,17,19)/t10-,11-/m1/s1. The summed E-state index contributed by atoms with van der Waals surface area (Å²) in [5.41, 5.74) is 1.09. The van der Waals surface area contributed by atoms with Crippen LogP contribution in [0.3, 0.4) is 0 Å². The second kappa shape index (κ2) is 5.59. The Labute approximate surface area is 113 Å². The van der Waals surface area contributed by atoms with Gasteiger partial charge in [0.2, 0.25) is 0 Å². The molecule has 4 heteroatoms. The molecule has 0 aliphatic carbocycles. The van der Waals surface area contributed by atoms with Crippen molar-refractivity contribution in [2.24, 2.45) is 11.8 Å². The number of anilines is 1. The number of rotatable bonds is 1. The molecular weight excluding hydrogens is 243 g/mol. The number of aryl methyl sites for hydroxylation is 1. The summed E-state index contributed by atoms with van der Waals surface area (Å²) in [6, 6.07) is 4.63. The lowest BCUT2D eigenvalue weighted by atomic mass is 9.92. The average Bonchev–Trinajstić information content (AvgIpc) is 2.32. The van der Waals surface area contributed by atoms with Crippen LogP contribution >= 0.6 is 0 Å². The number of nitrogens with one attached hydrogen (secondary N) is 1. The molecule has 0 saturated carbocycles. The van der Waals surface area contributed by atoms with Gasteiger partial charge in [0.1, 0.15) is 5.82 Å². The summed E-state index contributed by atoms with van der Waals surface area (Å²) >= 11 is 0. The van der Waals surface area contributed by atoms with Crippen LogP contribution in [0.2, 0.25) is 0 Å². The van der Waals surface area contributed by atoms with E-state index >= 15 is 0 Å². The molecular formula is C15H21FN2O. The van der Waals surface area contributed by atoms with Crippen molar-refractivity contribution in [3.8, 4) is 0 Å². The summed E-state index contributed by atoms with van der Waals surface area (Å²) < 4.78 is 13.4. The van der Waals surface area contributed by atoms with Gasteiger partial charge >= 0.3 is 6.03 Å². The van der Waals surface area contributed by atoms with Gasteiger partial charge in [0, 0.05) is 18.8 Å². The molecule has 1 heterocycles. The first-order valence-electron chi connectivity index (χ1n) is 6.77. The zero-order chi connectivity index (χ0) is 14.0. The molecule has 1 aromatic carbocycles. The number of nitrogens with zero attached hydrogens (tertiary/aromatic N) is 1. The van der Waals surface area contributed by atoms with Crippen LogP contribution in [-0.4, -0.2) is 24.0 Å². The van der Waals surface area contributed by atoms with Crippen LogP contribution in [0.15, 0.2) is 18.2 Å². The molecule has 0 radical (unpaired) electrons. The Morgan fingerprint density at radius 2 is 1.95 bits per heavy atom. The maximum Gasteiger partial charge on any atom is 0.321 e. The SMILES string of the molecule is Cc1ccc(NC(=O)N2C[C@H](C)C[C@@H](C)C2)cc1F. The molecule has 0 unspecified atom stereocenters. The van der Waals surface area contributed by atoms with Crippen molar-refractivity contribution in [2.45, 2.75) is 27.2 Å². The summed E-state index contributed by atoms with van der Waals surface area (Å²) in [5, 5.41) is 2.77. The maximum absolute atomic E-state index is 13.4. The van der Waals surface area contributed by atoms with E-state index in [0.29, 0.717) is 23.1 Å². The number of hydrogen-bond acceptors (Lipinski definition) is 1. The fourth-order valence-electron chi connectivity index (χ4n) is 2.70. The van der Waals surface area contributed by atoms with Crippen molar-refractivity contribution in [3.05, 3.63) is 29.6 Å². The minimum atomic E-state index is -0.293. The molecule has 1 aromatic rings. The first kappa shape index (κ1) is 13.8. The second-order valence-electron chi connectivity index (χ2n) is 5.75. The zero-order valence-electron chi connectivity index (χ0n) is 11.7. The Bertz CT molecular complexity index is 465. The summed E-state index contributed by atoms with van der Waals surface area (Å²) in [5.74, 6) is 0.742. The van der Waals surface area contributed by atoms with Crippen LogP contribution < -0.4 is 5.32 Å². The highest BCUT2D eigenvalue weighted by Gasteiger charge is 2.25. The molecule has 3 nitrogen and oxygen atoms in total. The number of piperidine rings is 1. The first-order chi connectivity index (χ1) is 8.95. The van der Waals surface area contributed by atoms with E-state index in [1.807, 2.05) is 4.90 Å². The number of carbonyl (C=O) groups is 1. The molecule has 104 valence electrons. The molecule has 0 aromatic heterocycles. The number of hydrogen-bond donors (Lipinski definition) is 1. The van der Waals surface area contributed by atoms with Gasteiger partial charge in [-0.05, 0) is 42.9 Å². The van der Waals surface area contributed by atoms with Gasteiger partial charge in [-0.3, -0.25) is 0 Å². The van der Waals surface area contributed by atoms with Crippen LogP contribution in [-0.2, 0) is 0 Å². The van der Waals surface area contributed by atoms with Crippen LogP contribution in [0, 0.1) is 24.6 Å². The Hall–Kier alpha value is -1.58. The van der Waals surface area contributed by atoms with Gasteiger partial charge in [-0.2, -0.15) is 0 Å². The van der Waals surface area contributed by atoms with Crippen LogP contribution in [0.5, 0.6) is 0 Å². The fraction of sp³-hybridized carbons (Fsp3) is 0.533. The second-order valence-corrected chi connectivity index (χ2v) is 5.75. The highest BCUT2D eigenvalue weighted by atomic mass is 19.1. The van der Waals surface area contributed by atoms with Gasteiger partial charge in [0.05, 0.1) is 0 Å². The van der Waals surface area contributed by atoms with E-state index in [1.54, 1.807) is 19.1 Å². The Balaban J connectivity index is 2.02. The predicted octanol–water partition coefficient (Wildman–Crippen LogP) is 3.64. The number of urea groups is 1. The van der Waals surface area contributed by atoms with Gasteiger partial charge in [0.25, 0.3) is 0 Å². The first-order valence-corrected chi connectivity index (χ1v) is 6.77. The monoisotopic (exact) mass is 264 g/mol. The van der Waals surface area contributed by atoms with Crippen molar-refractivity contribution < 1.29 is 9.18 Å². The molecule has 0 bridgehead atoms. The fourth-order valence-corrected chi connectivity index (χ4v) is 2.70. The molecule has 1 saturated heterocycles. The van der Waals surface area contributed by atoms with E-state index in [4.69, 9.17) is 0 Å². The summed E-state index contributed by atoms with van der Waals surface area (Å²) in [7, 11) is 0. The Morgan fingerprint density at radius 3 is 2.53 bits per heavy atom.